The molecule has 222 valence electrons. The zero-order valence-electron chi connectivity index (χ0n) is 24.2. The summed E-state index contributed by atoms with van der Waals surface area (Å²) in [5.74, 6) is -3.40. The Balaban J connectivity index is 2.11. The van der Waals surface area contributed by atoms with E-state index in [4.69, 9.17) is 5.73 Å². The van der Waals surface area contributed by atoms with E-state index in [2.05, 4.69) is 16.0 Å². The molecule has 11 heteroatoms. The van der Waals surface area contributed by atoms with E-state index in [1.807, 2.05) is 33.8 Å². The molecule has 0 spiro atoms. The summed E-state index contributed by atoms with van der Waals surface area (Å²) < 4.78 is 0. The van der Waals surface area contributed by atoms with Crippen LogP contribution in [0.25, 0.3) is 0 Å². The maximum Gasteiger partial charge on any atom is 0.326 e. The summed E-state index contributed by atoms with van der Waals surface area (Å²) in [5.41, 5.74) is 6.75. The van der Waals surface area contributed by atoms with Crippen molar-refractivity contribution >= 4 is 29.6 Å². The van der Waals surface area contributed by atoms with E-state index in [0.717, 1.165) is 5.56 Å². The Morgan fingerprint density at radius 2 is 1.57 bits per heavy atom. The van der Waals surface area contributed by atoms with Crippen molar-refractivity contribution < 1.29 is 29.1 Å². The number of hydrogen-bond donors (Lipinski definition) is 5. The van der Waals surface area contributed by atoms with Crippen molar-refractivity contribution in [2.24, 2.45) is 17.6 Å². The van der Waals surface area contributed by atoms with Crippen molar-refractivity contribution in [1.29, 1.82) is 0 Å². The minimum absolute atomic E-state index is 0.0589. The lowest BCUT2D eigenvalue weighted by Gasteiger charge is -2.32. The van der Waals surface area contributed by atoms with E-state index in [9.17, 15) is 29.1 Å². The second kappa shape index (κ2) is 15.4. The molecular weight excluding hydrogens is 514 g/mol. The Kier molecular flexibility index (Phi) is 12.6. The topological polar surface area (TPSA) is 171 Å². The van der Waals surface area contributed by atoms with Crippen LogP contribution in [0.3, 0.4) is 0 Å². The van der Waals surface area contributed by atoms with Gasteiger partial charge < -0.3 is 31.7 Å². The minimum atomic E-state index is -1.16. The lowest BCUT2D eigenvalue weighted by Crippen LogP contribution is -2.59. The number of rotatable bonds is 14. The molecular formula is C29H45N5O6. The van der Waals surface area contributed by atoms with Crippen molar-refractivity contribution in [3.63, 3.8) is 0 Å². The zero-order valence-corrected chi connectivity index (χ0v) is 24.2. The second-order valence-corrected chi connectivity index (χ2v) is 10.8. The van der Waals surface area contributed by atoms with Crippen LogP contribution in [-0.2, 0) is 30.4 Å². The number of carbonyl (C=O) groups excluding carboxylic acids is 4. The second-order valence-electron chi connectivity index (χ2n) is 10.8. The third kappa shape index (κ3) is 8.77. The molecule has 2 rings (SSSR count). The predicted octanol–water partition coefficient (Wildman–Crippen LogP) is 1.20. The first kappa shape index (κ1) is 32.7. The normalized spacial score (nSPS) is 19.4. The van der Waals surface area contributed by atoms with Crippen molar-refractivity contribution in [2.75, 3.05) is 6.54 Å². The minimum Gasteiger partial charge on any atom is -0.480 e. The Hall–Kier alpha value is -3.47. The highest BCUT2D eigenvalue weighted by molar-refractivity contribution is 5.95. The number of aliphatic carboxylic acids is 1. The number of likely N-dealkylation sites (tertiary alicyclic amines) is 1. The molecule has 0 aliphatic carbocycles. The predicted molar refractivity (Wildman–Crippen MR) is 151 cm³/mol. The van der Waals surface area contributed by atoms with Gasteiger partial charge in [0.05, 0.1) is 6.04 Å². The molecule has 7 atom stereocenters. The molecule has 0 bridgehead atoms. The summed E-state index contributed by atoms with van der Waals surface area (Å²) in [6.45, 7) is 9.34. The van der Waals surface area contributed by atoms with Gasteiger partial charge in [-0.3, -0.25) is 19.2 Å². The van der Waals surface area contributed by atoms with Crippen molar-refractivity contribution in [3.8, 4) is 0 Å². The van der Waals surface area contributed by atoms with Crippen LogP contribution in [0.4, 0.5) is 0 Å². The molecule has 11 nitrogen and oxygen atoms in total. The number of nitrogens with one attached hydrogen (secondary N) is 3. The molecule has 1 fully saturated rings. The van der Waals surface area contributed by atoms with E-state index in [1.54, 1.807) is 24.3 Å². The summed E-state index contributed by atoms with van der Waals surface area (Å²) >= 11 is 0. The Labute approximate surface area is 236 Å². The summed E-state index contributed by atoms with van der Waals surface area (Å²) in [7, 11) is 0. The molecule has 0 aromatic heterocycles. The van der Waals surface area contributed by atoms with Crippen molar-refractivity contribution in [3.05, 3.63) is 35.9 Å². The van der Waals surface area contributed by atoms with Gasteiger partial charge in [0.15, 0.2) is 0 Å². The number of nitrogens with two attached hydrogens (primary N) is 1. The van der Waals surface area contributed by atoms with E-state index in [-0.39, 0.29) is 18.3 Å². The Morgan fingerprint density at radius 1 is 0.950 bits per heavy atom. The molecule has 0 radical (unpaired) electrons. The fraction of sp³-hybridized carbons (Fsp3) is 0.621. The van der Waals surface area contributed by atoms with Crippen LogP contribution < -0.4 is 21.7 Å². The number of amides is 4. The molecule has 4 amide bonds. The molecule has 0 saturated carbocycles. The number of carboxylic acid groups (broad SMARTS) is 1. The third-order valence-corrected chi connectivity index (χ3v) is 7.82. The Morgan fingerprint density at radius 3 is 2.15 bits per heavy atom. The zero-order chi connectivity index (χ0) is 30.0. The van der Waals surface area contributed by atoms with Crippen LogP contribution in [0, 0.1) is 11.8 Å². The van der Waals surface area contributed by atoms with Crippen LogP contribution in [0.2, 0.25) is 0 Å². The van der Waals surface area contributed by atoms with Crippen LogP contribution in [0.15, 0.2) is 30.3 Å². The van der Waals surface area contributed by atoms with Gasteiger partial charge in [0.2, 0.25) is 23.6 Å². The highest BCUT2D eigenvalue weighted by Crippen LogP contribution is 2.22. The lowest BCUT2D eigenvalue weighted by atomic mass is 9.96. The monoisotopic (exact) mass is 559 g/mol. The van der Waals surface area contributed by atoms with E-state index in [0.29, 0.717) is 32.2 Å². The highest BCUT2D eigenvalue weighted by atomic mass is 16.4. The number of carboxylic acids is 1. The van der Waals surface area contributed by atoms with Gasteiger partial charge in [0, 0.05) is 13.0 Å². The number of hydrogen-bond acceptors (Lipinski definition) is 6. The van der Waals surface area contributed by atoms with Gasteiger partial charge in [-0.2, -0.15) is 0 Å². The van der Waals surface area contributed by atoms with Crippen LogP contribution >= 0.6 is 0 Å². The maximum absolute atomic E-state index is 13.7. The molecule has 6 N–H and O–H groups in total. The van der Waals surface area contributed by atoms with Gasteiger partial charge in [-0.15, -0.1) is 0 Å². The average Bonchev–Trinajstić information content (AvgIpc) is 3.44. The quantitative estimate of drug-likeness (QED) is 0.228. The van der Waals surface area contributed by atoms with E-state index < -0.39 is 59.8 Å². The number of carbonyl (C=O) groups is 5. The first-order valence-corrected chi connectivity index (χ1v) is 14.1. The van der Waals surface area contributed by atoms with Crippen LogP contribution in [0.1, 0.15) is 65.9 Å². The first-order valence-electron chi connectivity index (χ1n) is 14.1. The van der Waals surface area contributed by atoms with Gasteiger partial charge in [-0.1, -0.05) is 70.9 Å². The fourth-order valence-corrected chi connectivity index (χ4v) is 4.65. The summed E-state index contributed by atoms with van der Waals surface area (Å²) in [4.78, 5) is 65.7. The lowest BCUT2D eigenvalue weighted by molar-refractivity contribution is -0.145. The third-order valence-electron chi connectivity index (χ3n) is 7.82. The maximum atomic E-state index is 13.7. The van der Waals surface area contributed by atoms with Gasteiger partial charge in [0.1, 0.15) is 24.2 Å². The summed E-state index contributed by atoms with van der Waals surface area (Å²) in [6, 6.07) is 4.38. The van der Waals surface area contributed by atoms with E-state index in [1.165, 1.54) is 11.8 Å². The average molecular weight is 560 g/mol. The van der Waals surface area contributed by atoms with Gasteiger partial charge >= 0.3 is 5.97 Å². The largest absolute Gasteiger partial charge is 0.480 e. The van der Waals surface area contributed by atoms with Gasteiger partial charge in [0.25, 0.3) is 0 Å². The SMILES string of the molecule is CC[C@H](C)[C@H](N)C(=O)N[C@@H](C)C(=O)N[C@H](C(=O)N1CCC[C@H]1C(=O)N[C@@H](Cc1ccccc1)C(=O)O)[C@@H](C)CC. The molecule has 1 aliphatic heterocycles. The molecule has 1 aliphatic rings. The smallest absolute Gasteiger partial charge is 0.326 e. The van der Waals surface area contributed by atoms with Crippen LogP contribution in [-0.4, -0.2) is 76.4 Å². The molecule has 1 aromatic rings. The molecule has 1 saturated heterocycles. The molecule has 1 heterocycles. The van der Waals surface area contributed by atoms with Crippen LogP contribution in [0.5, 0.6) is 0 Å². The summed E-state index contributed by atoms with van der Waals surface area (Å²) in [5, 5.41) is 17.7. The van der Waals surface area contributed by atoms with E-state index >= 15 is 0 Å². The standard InChI is InChI=1S/C29H45N5O6/c1-6-17(3)23(30)27(37)31-19(5)25(35)33-24(18(4)7-2)28(38)34-15-11-14-22(34)26(36)32-21(29(39)40)16-20-12-9-8-10-13-20/h8-10,12-13,17-19,21-24H,6-7,11,14-16,30H2,1-5H3,(H,31,37)(H,32,36)(H,33,35)(H,39,40)/t17-,18-,19-,21-,22-,23-,24-/m0/s1. The first-order chi connectivity index (χ1) is 18.9. The fourth-order valence-electron chi connectivity index (χ4n) is 4.65. The van der Waals surface area contributed by atoms with Gasteiger partial charge in [-0.25, -0.2) is 4.79 Å². The highest BCUT2D eigenvalue weighted by Gasteiger charge is 2.40. The van der Waals surface area contributed by atoms with Crippen molar-refractivity contribution in [2.45, 2.75) is 96.9 Å². The van der Waals surface area contributed by atoms with Crippen molar-refractivity contribution in [1.82, 2.24) is 20.9 Å². The Bertz CT molecular complexity index is 1040. The number of nitrogens with zero attached hydrogens (tertiary/aromatic N) is 1. The molecule has 0 unspecified atom stereocenters. The number of benzene rings is 1. The molecule has 40 heavy (non-hydrogen) atoms. The van der Waals surface area contributed by atoms with Gasteiger partial charge in [-0.05, 0) is 37.2 Å². The molecule has 1 aromatic carbocycles. The summed E-state index contributed by atoms with van der Waals surface area (Å²) in [6.07, 6.45) is 2.36.